The number of aliphatic imine (C=N–C) groups is 2. The summed E-state index contributed by atoms with van der Waals surface area (Å²) in [6.45, 7) is 1.05. The van der Waals surface area contributed by atoms with Crippen LogP contribution in [0.15, 0.2) is 58.5 Å². The molecule has 2 rings (SSSR count). The number of para-hydroxylation sites is 2. The molecule has 2 aromatic carbocycles. The van der Waals surface area contributed by atoms with Crippen LogP contribution in [0.2, 0.25) is 0 Å². The predicted molar refractivity (Wildman–Crippen MR) is 98.3 cm³/mol. The van der Waals surface area contributed by atoms with Gasteiger partial charge in [-0.05, 0) is 24.3 Å². The predicted octanol–water partition coefficient (Wildman–Crippen LogP) is 1.87. The van der Waals surface area contributed by atoms with Crippen molar-refractivity contribution in [2.24, 2.45) is 9.98 Å². The number of hydrogen-bond acceptors (Lipinski definition) is 4. The first-order valence-electron chi connectivity index (χ1n) is 6.33. The van der Waals surface area contributed by atoms with E-state index in [4.69, 9.17) is 0 Å². The Hall–Kier alpha value is -1.46. The molecule has 0 aliphatic rings. The van der Waals surface area contributed by atoms with E-state index >= 15 is 0 Å². The summed E-state index contributed by atoms with van der Waals surface area (Å²) < 4.78 is 0. The summed E-state index contributed by atoms with van der Waals surface area (Å²) in [5.41, 5.74) is 1.38. The van der Waals surface area contributed by atoms with Crippen molar-refractivity contribution in [2.75, 3.05) is 13.1 Å². The third-order valence-electron chi connectivity index (χ3n) is 2.69. The first-order chi connectivity index (χ1) is 9.77. The van der Waals surface area contributed by atoms with Gasteiger partial charge in [0.1, 0.15) is 11.5 Å². The third kappa shape index (κ3) is 6.54. The van der Waals surface area contributed by atoms with Crippen LogP contribution in [0.3, 0.4) is 0 Å². The number of aromatic hydroxyl groups is 2. The Morgan fingerprint density at radius 2 is 1.09 bits per heavy atom. The summed E-state index contributed by atoms with van der Waals surface area (Å²) in [5.74, 6) is 0.433. The van der Waals surface area contributed by atoms with Crippen molar-refractivity contribution >= 4 is 50.7 Å². The minimum atomic E-state index is 0. The number of nitrogens with zero attached hydrogens (tertiary/aromatic N) is 2. The van der Waals surface area contributed by atoms with Crippen LogP contribution < -0.4 is 0 Å². The van der Waals surface area contributed by atoms with E-state index in [0.29, 0.717) is 24.2 Å². The second-order valence-corrected chi connectivity index (χ2v) is 4.19. The van der Waals surface area contributed by atoms with Crippen LogP contribution >= 0.6 is 12.4 Å². The molecule has 0 heterocycles. The zero-order valence-corrected chi connectivity index (χ0v) is 12.2. The standard InChI is InChI=1S/C16H16N2O2.ClH.In.3H/c19-15-7-3-1-5-13(15)11-17-9-10-18-12-14-6-2-4-8-16(14)20;;;;;/h1-8,11-12,19-20H,9-10H2;1H;;;;/b17-11+,18-12+;;;;;. The summed E-state index contributed by atoms with van der Waals surface area (Å²) in [5, 5.41) is 19.1. The molecule has 4 nitrogen and oxygen atoms in total. The van der Waals surface area contributed by atoms with Gasteiger partial charge in [0.05, 0.1) is 13.1 Å². The molecule has 0 unspecified atom stereocenters. The molecule has 116 valence electrons. The van der Waals surface area contributed by atoms with Crippen LogP contribution in [0.25, 0.3) is 0 Å². The molecule has 0 fully saturated rings. The van der Waals surface area contributed by atoms with E-state index in [0.717, 1.165) is 0 Å². The molecule has 0 spiro atoms. The van der Waals surface area contributed by atoms with Crippen molar-refractivity contribution in [3.05, 3.63) is 59.7 Å². The van der Waals surface area contributed by atoms with Crippen LogP contribution in [0.4, 0.5) is 0 Å². The number of rotatable bonds is 5. The normalized spacial score (nSPS) is 10.4. The molecular formula is C16H20ClInN2O2. The van der Waals surface area contributed by atoms with Gasteiger partial charge in [0, 0.05) is 23.6 Å². The molecule has 0 aliphatic carbocycles. The SMILES string of the molecule is Cl.Oc1ccccc1/C=N/CC/N=C/c1ccccc1O.[InH3]. The van der Waals surface area contributed by atoms with Crippen LogP contribution in [0.5, 0.6) is 11.5 Å². The number of phenolic OH excluding ortho intramolecular Hbond substituents is 2. The van der Waals surface area contributed by atoms with Gasteiger partial charge in [-0.2, -0.15) is 0 Å². The minimum absolute atomic E-state index is 0. The zero-order valence-electron chi connectivity index (χ0n) is 11.4. The topological polar surface area (TPSA) is 65.2 Å². The molecule has 0 aliphatic heterocycles. The summed E-state index contributed by atoms with van der Waals surface area (Å²) in [6, 6.07) is 14.1. The maximum atomic E-state index is 9.54. The van der Waals surface area contributed by atoms with Gasteiger partial charge in [0.15, 0.2) is 0 Å². The van der Waals surface area contributed by atoms with Gasteiger partial charge in [0.25, 0.3) is 0 Å². The van der Waals surface area contributed by atoms with Crippen LogP contribution in [0.1, 0.15) is 11.1 Å². The van der Waals surface area contributed by atoms with Gasteiger partial charge in [-0.15, -0.1) is 12.4 Å². The Labute approximate surface area is 154 Å². The fourth-order valence-corrected chi connectivity index (χ4v) is 1.63. The number of phenols is 2. The summed E-state index contributed by atoms with van der Waals surface area (Å²) in [7, 11) is 0. The second-order valence-electron chi connectivity index (χ2n) is 4.19. The molecule has 0 saturated heterocycles. The van der Waals surface area contributed by atoms with E-state index in [9.17, 15) is 10.2 Å². The summed E-state index contributed by atoms with van der Waals surface area (Å²) in [4.78, 5) is 8.39. The van der Waals surface area contributed by atoms with Crippen LogP contribution in [0, 0.1) is 0 Å². The molecule has 0 bridgehead atoms. The third-order valence-corrected chi connectivity index (χ3v) is 2.69. The Bertz CT molecular complexity index is 578. The number of benzene rings is 2. The van der Waals surface area contributed by atoms with Crippen LogP contribution in [-0.4, -0.2) is 61.6 Å². The Kier molecular flexibility index (Phi) is 10.4. The quantitative estimate of drug-likeness (QED) is 0.571. The summed E-state index contributed by atoms with van der Waals surface area (Å²) >= 11 is 0. The van der Waals surface area contributed by atoms with E-state index in [1.54, 1.807) is 48.8 Å². The molecular weight excluding hydrogens is 402 g/mol. The van der Waals surface area contributed by atoms with E-state index in [1.165, 1.54) is 0 Å². The Balaban J connectivity index is 0.00000220. The van der Waals surface area contributed by atoms with Gasteiger partial charge in [0.2, 0.25) is 0 Å². The van der Waals surface area contributed by atoms with Crippen molar-refractivity contribution in [1.29, 1.82) is 0 Å². The van der Waals surface area contributed by atoms with Gasteiger partial charge in [-0.3, -0.25) is 9.98 Å². The van der Waals surface area contributed by atoms with Gasteiger partial charge in [-0.25, -0.2) is 0 Å². The van der Waals surface area contributed by atoms with E-state index in [-0.39, 0.29) is 49.7 Å². The maximum absolute atomic E-state index is 9.54. The van der Waals surface area contributed by atoms with Crippen molar-refractivity contribution in [1.82, 2.24) is 0 Å². The first kappa shape index (κ1) is 20.5. The number of hydrogen-bond donors (Lipinski definition) is 2. The molecule has 2 N–H and O–H groups in total. The van der Waals surface area contributed by atoms with Crippen molar-refractivity contribution in [3.63, 3.8) is 0 Å². The Morgan fingerprint density at radius 1 is 0.727 bits per heavy atom. The van der Waals surface area contributed by atoms with E-state index < -0.39 is 0 Å². The van der Waals surface area contributed by atoms with Crippen LogP contribution in [-0.2, 0) is 0 Å². The average molecular weight is 423 g/mol. The second kappa shape index (κ2) is 11.2. The fraction of sp³-hybridized carbons (Fsp3) is 0.125. The van der Waals surface area contributed by atoms with Gasteiger partial charge >= 0.3 is 25.8 Å². The molecule has 0 radical (unpaired) electrons. The number of halogens is 1. The molecule has 22 heavy (non-hydrogen) atoms. The molecule has 0 saturated carbocycles. The van der Waals surface area contributed by atoms with Gasteiger partial charge < -0.3 is 10.2 Å². The molecule has 0 amide bonds. The van der Waals surface area contributed by atoms with Crippen molar-refractivity contribution < 1.29 is 10.2 Å². The average Bonchev–Trinajstić information content (AvgIpc) is 2.46. The Morgan fingerprint density at radius 3 is 1.45 bits per heavy atom. The molecule has 0 aromatic heterocycles. The zero-order chi connectivity index (χ0) is 14.2. The first-order valence-corrected chi connectivity index (χ1v) is 6.33. The molecule has 2 aromatic rings. The van der Waals surface area contributed by atoms with Crippen molar-refractivity contribution in [3.8, 4) is 11.5 Å². The van der Waals surface area contributed by atoms with E-state index in [1.807, 2.05) is 12.1 Å². The summed E-state index contributed by atoms with van der Waals surface area (Å²) in [6.07, 6.45) is 3.26. The van der Waals surface area contributed by atoms with E-state index in [2.05, 4.69) is 9.98 Å². The molecule has 0 atom stereocenters. The monoisotopic (exact) mass is 422 g/mol. The van der Waals surface area contributed by atoms with Gasteiger partial charge in [-0.1, -0.05) is 24.3 Å². The van der Waals surface area contributed by atoms with Crippen molar-refractivity contribution in [2.45, 2.75) is 0 Å². The fourth-order valence-electron chi connectivity index (χ4n) is 1.63. The molecule has 6 heteroatoms.